The minimum Gasteiger partial charge on any atom is -0.349 e. The van der Waals surface area contributed by atoms with Gasteiger partial charge in [0.1, 0.15) is 0 Å². The van der Waals surface area contributed by atoms with E-state index in [0.29, 0.717) is 23.8 Å². The van der Waals surface area contributed by atoms with Crippen LogP contribution < -0.4 is 5.32 Å². The zero-order chi connectivity index (χ0) is 14.7. The maximum absolute atomic E-state index is 12.4. The second kappa shape index (κ2) is 6.92. The Hall–Kier alpha value is -0.580. The fraction of sp³-hybridized carbons (Fsp3) is 0.588. The van der Waals surface area contributed by atoms with Gasteiger partial charge in [-0.3, -0.25) is 4.79 Å². The molecule has 0 saturated heterocycles. The number of halogens is 1. The van der Waals surface area contributed by atoms with Crippen molar-refractivity contribution in [2.24, 2.45) is 17.8 Å². The number of carbonyl (C=O) groups excluding carboxylic acids is 1. The van der Waals surface area contributed by atoms with E-state index in [1.54, 1.807) is 0 Å². The van der Waals surface area contributed by atoms with Crippen LogP contribution in [-0.4, -0.2) is 11.9 Å². The van der Waals surface area contributed by atoms with Crippen LogP contribution in [0.2, 0.25) is 0 Å². The molecule has 1 aliphatic carbocycles. The average Bonchev–Trinajstić information content (AvgIpc) is 2.38. The van der Waals surface area contributed by atoms with Gasteiger partial charge >= 0.3 is 0 Å². The monoisotopic (exact) mass is 385 g/mol. The molecule has 2 nitrogen and oxygen atoms in total. The number of nitrogens with one attached hydrogen (secondary N) is 1. The van der Waals surface area contributed by atoms with Gasteiger partial charge in [0.05, 0.1) is 0 Å². The highest BCUT2D eigenvalue weighted by atomic mass is 127. The predicted molar refractivity (Wildman–Crippen MR) is 91.8 cm³/mol. The lowest BCUT2D eigenvalue weighted by molar-refractivity contribution is 0.0868. The molecule has 1 fully saturated rings. The van der Waals surface area contributed by atoms with Crippen LogP contribution in [-0.2, 0) is 0 Å². The molecule has 0 aliphatic heterocycles. The number of hydrogen-bond donors (Lipinski definition) is 1. The van der Waals surface area contributed by atoms with E-state index < -0.39 is 0 Å². The maximum atomic E-state index is 12.4. The van der Waals surface area contributed by atoms with Crippen molar-refractivity contribution < 1.29 is 4.79 Å². The molecule has 1 aromatic rings. The summed E-state index contributed by atoms with van der Waals surface area (Å²) in [6.07, 6.45) is 3.63. The van der Waals surface area contributed by atoms with Crippen molar-refractivity contribution in [3.63, 3.8) is 0 Å². The van der Waals surface area contributed by atoms with Crippen LogP contribution in [0.1, 0.15) is 50.4 Å². The van der Waals surface area contributed by atoms with Crippen LogP contribution in [0.3, 0.4) is 0 Å². The molecule has 110 valence electrons. The summed E-state index contributed by atoms with van der Waals surface area (Å²) in [6.45, 7) is 6.83. The van der Waals surface area contributed by atoms with Gasteiger partial charge in [0.15, 0.2) is 0 Å². The van der Waals surface area contributed by atoms with Gasteiger partial charge < -0.3 is 5.32 Å². The Bertz CT molecular complexity index is 472. The molecular weight excluding hydrogens is 361 g/mol. The van der Waals surface area contributed by atoms with E-state index in [1.807, 2.05) is 24.3 Å². The third kappa shape index (κ3) is 3.96. The van der Waals surface area contributed by atoms with Gasteiger partial charge in [-0.2, -0.15) is 0 Å². The van der Waals surface area contributed by atoms with Crippen molar-refractivity contribution in [1.29, 1.82) is 0 Å². The van der Waals surface area contributed by atoms with E-state index >= 15 is 0 Å². The van der Waals surface area contributed by atoms with Crippen LogP contribution in [0.4, 0.5) is 0 Å². The summed E-state index contributed by atoms with van der Waals surface area (Å²) in [4.78, 5) is 12.4. The topological polar surface area (TPSA) is 29.1 Å². The lowest BCUT2D eigenvalue weighted by atomic mass is 9.74. The summed E-state index contributed by atoms with van der Waals surface area (Å²) in [5.74, 6) is 2.03. The molecule has 1 saturated carbocycles. The fourth-order valence-corrected chi connectivity index (χ4v) is 3.79. The molecule has 0 aromatic heterocycles. The first-order chi connectivity index (χ1) is 9.47. The zero-order valence-electron chi connectivity index (χ0n) is 12.5. The molecule has 1 amide bonds. The number of benzene rings is 1. The van der Waals surface area contributed by atoms with E-state index in [4.69, 9.17) is 0 Å². The van der Waals surface area contributed by atoms with E-state index in [-0.39, 0.29) is 5.91 Å². The van der Waals surface area contributed by atoms with Crippen LogP contribution in [0.15, 0.2) is 24.3 Å². The second-order valence-corrected chi connectivity index (χ2v) is 7.66. The highest BCUT2D eigenvalue weighted by Crippen LogP contribution is 2.33. The summed E-state index contributed by atoms with van der Waals surface area (Å²) in [7, 11) is 0. The van der Waals surface area contributed by atoms with E-state index in [9.17, 15) is 4.79 Å². The zero-order valence-corrected chi connectivity index (χ0v) is 14.7. The molecule has 0 bridgehead atoms. The summed E-state index contributed by atoms with van der Waals surface area (Å²) < 4.78 is 1.10. The van der Waals surface area contributed by atoms with Gasteiger partial charge in [-0.1, -0.05) is 33.3 Å². The summed E-state index contributed by atoms with van der Waals surface area (Å²) in [6, 6.07) is 8.13. The predicted octanol–water partition coefficient (Wildman–Crippen LogP) is 4.48. The van der Waals surface area contributed by atoms with Crippen LogP contribution in [0.5, 0.6) is 0 Å². The van der Waals surface area contributed by atoms with E-state index in [0.717, 1.165) is 15.6 Å². The Morgan fingerprint density at radius 1 is 1.35 bits per heavy atom. The minimum absolute atomic E-state index is 0.0771. The number of amides is 1. The van der Waals surface area contributed by atoms with Crippen molar-refractivity contribution in [2.45, 2.75) is 46.1 Å². The highest BCUT2D eigenvalue weighted by Gasteiger charge is 2.31. The van der Waals surface area contributed by atoms with Crippen LogP contribution in [0.25, 0.3) is 0 Å². The van der Waals surface area contributed by atoms with Crippen molar-refractivity contribution in [3.8, 4) is 0 Å². The first-order valence-electron chi connectivity index (χ1n) is 7.53. The SMILES string of the molecule is CC1CCC(C(C)C)C(NC(=O)c2cccc(I)c2)C1. The minimum atomic E-state index is 0.0771. The Morgan fingerprint density at radius 3 is 2.75 bits per heavy atom. The highest BCUT2D eigenvalue weighted by molar-refractivity contribution is 14.1. The normalized spacial score (nSPS) is 26.6. The standard InChI is InChI=1S/C17H24INO/c1-11(2)15-8-7-12(3)9-16(15)19-17(20)13-5-4-6-14(18)10-13/h4-6,10-12,15-16H,7-9H2,1-3H3,(H,19,20). The molecule has 3 atom stereocenters. The second-order valence-electron chi connectivity index (χ2n) is 6.42. The van der Waals surface area contributed by atoms with Crippen molar-refractivity contribution >= 4 is 28.5 Å². The van der Waals surface area contributed by atoms with Crippen molar-refractivity contribution in [1.82, 2.24) is 5.32 Å². The van der Waals surface area contributed by atoms with Gasteiger partial charge in [0, 0.05) is 15.2 Å². The Kier molecular flexibility index (Phi) is 5.47. The first kappa shape index (κ1) is 15.8. The Labute approximate surface area is 135 Å². The van der Waals surface area contributed by atoms with Gasteiger partial charge in [-0.05, 0) is 71.4 Å². The van der Waals surface area contributed by atoms with E-state index in [2.05, 4.69) is 48.7 Å². The quantitative estimate of drug-likeness (QED) is 0.764. The number of carbonyl (C=O) groups is 1. The van der Waals surface area contributed by atoms with Gasteiger partial charge in [-0.15, -0.1) is 0 Å². The lowest BCUT2D eigenvalue weighted by Crippen LogP contribution is -2.45. The van der Waals surface area contributed by atoms with Gasteiger partial charge in [-0.25, -0.2) is 0 Å². The molecule has 1 N–H and O–H groups in total. The maximum Gasteiger partial charge on any atom is 0.251 e. The Morgan fingerprint density at radius 2 is 2.10 bits per heavy atom. The molecule has 0 spiro atoms. The van der Waals surface area contributed by atoms with Crippen molar-refractivity contribution in [2.75, 3.05) is 0 Å². The summed E-state index contributed by atoms with van der Waals surface area (Å²) in [5.41, 5.74) is 0.776. The molecule has 20 heavy (non-hydrogen) atoms. The molecule has 2 rings (SSSR count). The number of hydrogen-bond acceptors (Lipinski definition) is 1. The summed E-state index contributed by atoms with van der Waals surface area (Å²) >= 11 is 2.25. The third-order valence-electron chi connectivity index (χ3n) is 4.43. The molecule has 3 heteroatoms. The Balaban J connectivity index is 2.08. The summed E-state index contributed by atoms with van der Waals surface area (Å²) in [5, 5.41) is 3.28. The van der Waals surface area contributed by atoms with Gasteiger partial charge in [0.25, 0.3) is 5.91 Å². The number of rotatable bonds is 3. The smallest absolute Gasteiger partial charge is 0.251 e. The third-order valence-corrected chi connectivity index (χ3v) is 5.10. The van der Waals surface area contributed by atoms with Crippen LogP contribution >= 0.6 is 22.6 Å². The molecule has 1 aliphatic rings. The fourth-order valence-electron chi connectivity index (χ4n) is 3.25. The molecule has 0 radical (unpaired) electrons. The van der Waals surface area contributed by atoms with Gasteiger partial charge in [0.2, 0.25) is 0 Å². The molecule has 3 unspecified atom stereocenters. The van der Waals surface area contributed by atoms with Crippen molar-refractivity contribution in [3.05, 3.63) is 33.4 Å². The lowest BCUT2D eigenvalue weighted by Gasteiger charge is -2.37. The molecular formula is C17H24INO. The first-order valence-corrected chi connectivity index (χ1v) is 8.61. The average molecular weight is 385 g/mol. The van der Waals surface area contributed by atoms with E-state index in [1.165, 1.54) is 12.8 Å². The molecule has 0 heterocycles. The van der Waals surface area contributed by atoms with Crippen LogP contribution in [0, 0.1) is 21.3 Å². The molecule has 1 aromatic carbocycles. The largest absolute Gasteiger partial charge is 0.349 e.